The maximum absolute atomic E-state index is 13.3. The zero-order chi connectivity index (χ0) is 19.1. The van der Waals surface area contributed by atoms with Crippen molar-refractivity contribution < 1.29 is 9.18 Å². The Morgan fingerprint density at radius 2 is 1.33 bits per heavy atom. The van der Waals surface area contributed by atoms with Crippen molar-refractivity contribution in [2.45, 2.75) is 12.8 Å². The van der Waals surface area contributed by atoms with E-state index in [1.165, 1.54) is 29.3 Å². The average Bonchev–Trinajstić information content (AvgIpc) is 2.69. The minimum absolute atomic E-state index is 0.143. The fourth-order valence-corrected chi connectivity index (χ4v) is 3.21. The molecule has 0 saturated carbocycles. The molecule has 3 rings (SSSR count). The van der Waals surface area contributed by atoms with Crippen LogP contribution in [0.5, 0.6) is 0 Å². The second-order valence-corrected chi connectivity index (χ2v) is 6.79. The summed E-state index contributed by atoms with van der Waals surface area (Å²) < 4.78 is 13.3. The Labute approximate surface area is 164 Å². The van der Waals surface area contributed by atoms with Crippen LogP contribution in [0.1, 0.15) is 21.5 Å². The van der Waals surface area contributed by atoms with Gasteiger partial charge in [0.15, 0.2) is 0 Å². The first kappa shape index (κ1) is 19.1. The van der Waals surface area contributed by atoms with Crippen LogP contribution in [0.4, 0.5) is 4.39 Å². The van der Waals surface area contributed by atoms with Gasteiger partial charge in [-0.3, -0.25) is 4.79 Å². The predicted octanol–water partition coefficient (Wildman–Crippen LogP) is 5.41. The first-order valence-electron chi connectivity index (χ1n) is 8.95. The molecule has 0 heterocycles. The number of hydrogen-bond donors (Lipinski definition) is 0. The van der Waals surface area contributed by atoms with Crippen LogP contribution < -0.4 is 0 Å². The molecular weight excluding hydrogens is 361 g/mol. The van der Waals surface area contributed by atoms with Gasteiger partial charge in [0, 0.05) is 13.1 Å². The van der Waals surface area contributed by atoms with Gasteiger partial charge < -0.3 is 4.90 Å². The molecule has 0 aromatic heterocycles. The van der Waals surface area contributed by atoms with Crippen molar-refractivity contribution in [1.29, 1.82) is 0 Å². The molecule has 0 unspecified atom stereocenters. The number of nitrogens with zero attached hydrogens (tertiary/aromatic N) is 1. The molecule has 0 fully saturated rings. The molecule has 3 aromatic rings. The highest BCUT2D eigenvalue weighted by atomic mass is 35.5. The molecular formula is C23H21ClFNO. The monoisotopic (exact) mass is 381 g/mol. The van der Waals surface area contributed by atoms with E-state index in [0.717, 1.165) is 12.8 Å². The van der Waals surface area contributed by atoms with Gasteiger partial charge in [-0.1, -0.05) is 72.3 Å². The molecule has 138 valence electrons. The largest absolute Gasteiger partial charge is 0.338 e. The Kier molecular flexibility index (Phi) is 6.61. The summed E-state index contributed by atoms with van der Waals surface area (Å²) in [4.78, 5) is 14.8. The lowest BCUT2D eigenvalue weighted by Crippen LogP contribution is -2.35. The Hall–Kier alpha value is -2.65. The van der Waals surface area contributed by atoms with E-state index in [9.17, 15) is 9.18 Å². The zero-order valence-electron chi connectivity index (χ0n) is 14.9. The first-order valence-corrected chi connectivity index (χ1v) is 9.33. The molecule has 0 atom stereocenters. The summed E-state index contributed by atoms with van der Waals surface area (Å²) in [7, 11) is 0. The van der Waals surface area contributed by atoms with Crippen LogP contribution >= 0.6 is 11.6 Å². The van der Waals surface area contributed by atoms with Gasteiger partial charge >= 0.3 is 0 Å². The molecule has 27 heavy (non-hydrogen) atoms. The average molecular weight is 382 g/mol. The smallest absolute Gasteiger partial charge is 0.255 e. The van der Waals surface area contributed by atoms with Crippen molar-refractivity contribution in [2.75, 3.05) is 13.1 Å². The summed E-state index contributed by atoms with van der Waals surface area (Å²) in [5.41, 5.74) is 2.67. The third-order valence-corrected chi connectivity index (χ3v) is 4.79. The van der Waals surface area contributed by atoms with E-state index in [4.69, 9.17) is 11.6 Å². The van der Waals surface area contributed by atoms with Gasteiger partial charge in [0.25, 0.3) is 5.91 Å². The second kappa shape index (κ2) is 9.33. The van der Waals surface area contributed by atoms with Crippen LogP contribution in [0, 0.1) is 5.82 Å². The molecule has 0 saturated heterocycles. The van der Waals surface area contributed by atoms with E-state index in [-0.39, 0.29) is 10.9 Å². The number of carbonyl (C=O) groups excluding carboxylic acids is 1. The normalized spacial score (nSPS) is 10.6. The SMILES string of the molecule is O=C(c1ccc(F)cc1Cl)N(CCc1ccccc1)CCc1ccccc1. The van der Waals surface area contributed by atoms with Gasteiger partial charge in [-0.2, -0.15) is 0 Å². The predicted molar refractivity (Wildman–Crippen MR) is 108 cm³/mol. The van der Waals surface area contributed by atoms with E-state index in [0.29, 0.717) is 18.7 Å². The maximum Gasteiger partial charge on any atom is 0.255 e. The minimum Gasteiger partial charge on any atom is -0.338 e. The molecule has 1 amide bonds. The molecule has 2 nitrogen and oxygen atoms in total. The highest BCUT2D eigenvalue weighted by Gasteiger charge is 2.19. The Morgan fingerprint density at radius 1 is 0.815 bits per heavy atom. The van der Waals surface area contributed by atoms with Gasteiger partial charge in [0.2, 0.25) is 0 Å². The van der Waals surface area contributed by atoms with Gasteiger partial charge in [0.1, 0.15) is 5.82 Å². The summed E-state index contributed by atoms with van der Waals surface area (Å²) in [6.45, 7) is 1.15. The molecule has 0 aliphatic rings. The molecule has 0 bridgehead atoms. The Balaban J connectivity index is 1.76. The highest BCUT2D eigenvalue weighted by Crippen LogP contribution is 2.20. The second-order valence-electron chi connectivity index (χ2n) is 6.39. The molecule has 0 N–H and O–H groups in total. The van der Waals surface area contributed by atoms with Crippen molar-refractivity contribution in [3.8, 4) is 0 Å². The van der Waals surface area contributed by atoms with Crippen LogP contribution in [0.3, 0.4) is 0 Å². The lowest BCUT2D eigenvalue weighted by molar-refractivity contribution is 0.0759. The zero-order valence-corrected chi connectivity index (χ0v) is 15.7. The first-order chi connectivity index (χ1) is 13.1. The van der Waals surface area contributed by atoms with Crippen LogP contribution in [0.15, 0.2) is 78.9 Å². The van der Waals surface area contributed by atoms with E-state index in [1.807, 2.05) is 60.7 Å². The van der Waals surface area contributed by atoms with E-state index in [1.54, 1.807) is 4.90 Å². The fraction of sp³-hybridized carbons (Fsp3) is 0.174. The summed E-state index contributed by atoms with van der Waals surface area (Å²) >= 11 is 6.12. The lowest BCUT2D eigenvalue weighted by Gasteiger charge is -2.23. The number of benzene rings is 3. The fourth-order valence-electron chi connectivity index (χ4n) is 2.97. The number of rotatable bonds is 7. The van der Waals surface area contributed by atoms with Gasteiger partial charge in [-0.05, 0) is 42.2 Å². The van der Waals surface area contributed by atoms with Crippen molar-refractivity contribution in [3.63, 3.8) is 0 Å². The van der Waals surface area contributed by atoms with Gasteiger partial charge in [-0.15, -0.1) is 0 Å². The minimum atomic E-state index is -0.448. The molecule has 3 aromatic carbocycles. The van der Waals surface area contributed by atoms with Crippen molar-refractivity contribution in [2.24, 2.45) is 0 Å². The Bertz CT molecular complexity index is 840. The third kappa shape index (κ3) is 5.41. The number of halogens is 2. The molecule has 4 heteroatoms. The Morgan fingerprint density at radius 3 is 1.81 bits per heavy atom. The maximum atomic E-state index is 13.3. The van der Waals surface area contributed by atoms with Crippen molar-refractivity contribution in [1.82, 2.24) is 4.90 Å². The molecule has 0 aliphatic heterocycles. The summed E-state index contributed by atoms with van der Waals surface area (Å²) in [6.07, 6.45) is 1.50. The summed E-state index contributed by atoms with van der Waals surface area (Å²) in [5.74, 6) is -0.622. The number of hydrogen-bond acceptors (Lipinski definition) is 1. The highest BCUT2D eigenvalue weighted by molar-refractivity contribution is 6.33. The molecule has 0 aliphatic carbocycles. The number of amides is 1. The number of carbonyl (C=O) groups is 1. The van der Waals surface area contributed by atoms with Crippen molar-refractivity contribution in [3.05, 3.63) is 106 Å². The third-order valence-electron chi connectivity index (χ3n) is 4.48. The lowest BCUT2D eigenvalue weighted by atomic mass is 10.1. The van der Waals surface area contributed by atoms with Gasteiger partial charge in [0.05, 0.1) is 10.6 Å². The van der Waals surface area contributed by atoms with E-state index < -0.39 is 5.82 Å². The van der Waals surface area contributed by atoms with Crippen molar-refractivity contribution >= 4 is 17.5 Å². The summed E-state index contributed by atoms with van der Waals surface area (Å²) in [6, 6.07) is 24.0. The molecule has 0 spiro atoms. The molecule has 0 radical (unpaired) electrons. The van der Waals surface area contributed by atoms with Crippen LogP contribution in [-0.2, 0) is 12.8 Å². The van der Waals surface area contributed by atoms with E-state index in [2.05, 4.69) is 0 Å². The van der Waals surface area contributed by atoms with Gasteiger partial charge in [-0.25, -0.2) is 4.39 Å². The summed E-state index contributed by atoms with van der Waals surface area (Å²) in [5, 5.41) is 0.143. The van der Waals surface area contributed by atoms with Crippen LogP contribution in [-0.4, -0.2) is 23.9 Å². The van der Waals surface area contributed by atoms with E-state index >= 15 is 0 Å². The quantitative estimate of drug-likeness (QED) is 0.536. The topological polar surface area (TPSA) is 20.3 Å². The van der Waals surface area contributed by atoms with Crippen LogP contribution in [0.2, 0.25) is 5.02 Å². The van der Waals surface area contributed by atoms with Crippen LogP contribution in [0.25, 0.3) is 0 Å². The standard InChI is InChI=1S/C23H21ClFNO/c24-22-17-20(25)11-12-21(22)23(27)26(15-13-18-7-3-1-4-8-18)16-14-19-9-5-2-6-10-19/h1-12,17H,13-16H2.